The van der Waals surface area contributed by atoms with Crippen molar-refractivity contribution >= 4 is 11.8 Å². The van der Waals surface area contributed by atoms with Crippen LogP contribution in [0.25, 0.3) is 0 Å². The van der Waals surface area contributed by atoms with Gasteiger partial charge in [-0.05, 0) is 37.4 Å². The van der Waals surface area contributed by atoms with Crippen LogP contribution >= 0.6 is 11.8 Å². The zero-order valence-corrected chi connectivity index (χ0v) is 14.3. The molecule has 2 rings (SSSR count). The lowest BCUT2D eigenvalue weighted by atomic mass is 10.3. The minimum Gasteiger partial charge on any atom is -0.497 e. The molecule has 2 aromatic rings. The van der Waals surface area contributed by atoms with Gasteiger partial charge >= 0.3 is 0 Å². The second kappa shape index (κ2) is 8.80. The zero-order chi connectivity index (χ0) is 15.8. The number of nitrogens with zero attached hydrogens (tertiary/aromatic N) is 4. The molecule has 0 unspecified atom stereocenters. The van der Waals surface area contributed by atoms with Crippen LogP contribution in [0, 0.1) is 0 Å². The van der Waals surface area contributed by atoms with Crippen LogP contribution < -0.4 is 4.74 Å². The predicted octanol–water partition coefficient (Wildman–Crippen LogP) is 2.92. The second-order valence-corrected chi connectivity index (χ2v) is 6.01. The summed E-state index contributed by atoms with van der Waals surface area (Å²) in [4.78, 5) is 3.59. The highest BCUT2D eigenvalue weighted by atomic mass is 32.2. The van der Waals surface area contributed by atoms with Crippen LogP contribution in [0.15, 0.2) is 35.4 Å². The van der Waals surface area contributed by atoms with Crippen molar-refractivity contribution in [3.05, 3.63) is 36.2 Å². The summed E-state index contributed by atoms with van der Waals surface area (Å²) in [6.45, 7) is 8.42. The molecule has 0 saturated carbocycles. The van der Waals surface area contributed by atoms with Gasteiger partial charge in [-0.3, -0.25) is 4.68 Å². The first-order chi connectivity index (χ1) is 10.7. The van der Waals surface area contributed by atoms with Crippen molar-refractivity contribution in [1.29, 1.82) is 0 Å². The van der Waals surface area contributed by atoms with Gasteiger partial charge in [0.2, 0.25) is 0 Å². The van der Waals surface area contributed by atoms with Crippen molar-refractivity contribution in [2.45, 2.75) is 31.0 Å². The van der Waals surface area contributed by atoms with Gasteiger partial charge in [-0.2, -0.15) is 0 Å². The minimum atomic E-state index is 0.831. The number of thioether (sulfide) groups is 1. The third kappa shape index (κ3) is 5.03. The molecular formula is C16H24N4OS. The normalized spacial score (nSPS) is 11.1. The third-order valence-electron chi connectivity index (χ3n) is 3.57. The number of likely N-dealkylation sites (N-methyl/N-ethyl adjacent to an activating group) is 1. The Morgan fingerprint density at radius 2 is 1.91 bits per heavy atom. The molecule has 22 heavy (non-hydrogen) atoms. The smallest absolute Gasteiger partial charge is 0.118 e. The second-order valence-electron chi connectivity index (χ2n) is 4.96. The molecule has 0 atom stereocenters. The first-order valence-electron chi connectivity index (χ1n) is 7.63. The molecule has 0 N–H and O–H groups in total. The van der Waals surface area contributed by atoms with E-state index in [4.69, 9.17) is 4.74 Å². The van der Waals surface area contributed by atoms with Gasteiger partial charge in [0.1, 0.15) is 5.75 Å². The molecule has 5 nitrogen and oxygen atoms in total. The van der Waals surface area contributed by atoms with Crippen LogP contribution in [-0.4, -0.2) is 46.6 Å². The van der Waals surface area contributed by atoms with Crippen molar-refractivity contribution < 1.29 is 4.74 Å². The van der Waals surface area contributed by atoms with E-state index < -0.39 is 0 Å². The highest BCUT2D eigenvalue weighted by Gasteiger charge is 2.04. The van der Waals surface area contributed by atoms with Crippen LogP contribution in [0.5, 0.6) is 5.75 Å². The van der Waals surface area contributed by atoms with Crippen molar-refractivity contribution in [3.8, 4) is 5.75 Å². The molecule has 0 aliphatic carbocycles. The third-order valence-corrected chi connectivity index (χ3v) is 4.62. The fourth-order valence-electron chi connectivity index (χ4n) is 2.13. The Hall–Kier alpha value is -1.53. The van der Waals surface area contributed by atoms with Gasteiger partial charge in [0.05, 0.1) is 19.3 Å². The quantitative estimate of drug-likeness (QED) is 0.665. The molecule has 1 aromatic carbocycles. The Kier molecular flexibility index (Phi) is 6.74. The number of hydrogen-bond donors (Lipinski definition) is 0. The van der Waals surface area contributed by atoms with E-state index in [0.29, 0.717) is 0 Å². The summed E-state index contributed by atoms with van der Waals surface area (Å²) < 4.78 is 7.09. The molecule has 0 aliphatic heterocycles. The largest absolute Gasteiger partial charge is 0.497 e. The molecule has 1 aromatic heterocycles. The number of methoxy groups -OCH3 is 1. The molecule has 0 radical (unpaired) electrons. The summed E-state index contributed by atoms with van der Waals surface area (Å²) in [5.41, 5.74) is 1.01. The Bertz CT molecular complexity index is 552. The van der Waals surface area contributed by atoms with E-state index in [-0.39, 0.29) is 0 Å². The number of aromatic nitrogens is 3. The molecule has 6 heteroatoms. The summed E-state index contributed by atoms with van der Waals surface area (Å²) >= 11 is 1.76. The van der Waals surface area contributed by atoms with E-state index in [9.17, 15) is 0 Å². The average Bonchev–Trinajstić information content (AvgIpc) is 3.02. The van der Waals surface area contributed by atoms with Gasteiger partial charge in [-0.25, -0.2) is 0 Å². The maximum atomic E-state index is 5.16. The number of rotatable bonds is 9. The SMILES string of the molecule is CCN(CC)CCn1cc(CSc2ccc(OC)cc2)nn1. The fourth-order valence-corrected chi connectivity index (χ4v) is 2.90. The Morgan fingerprint density at radius 3 is 2.55 bits per heavy atom. The van der Waals surface area contributed by atoms with Crippen LogP contribution in [-0.2, 0) is 12.3 Å². The monoisotopic (exact) mass is 320 g/mol. The fraction of sp³-hybridized carbons (Fsp3) is 0.500. The minimum absolute atomic E-state index is 0.831. The molecule has 0 spiro atoms. The topological polar surface area (TPSA) is 43.2 Å². The number of hydrogen-bond acceptors (Lipinski definition) is 5. The van der Waals surface area contributed by atoms with Gasteiger partial charge in [-0.15, -0.1) is 16.9 Å². The standard InChI is InChI=1S/C16H24N4OS/c1-4-19(5-2)10-11-20-12-14(17-18-20)13-22-16-8-6-15(21-3)7-9-16/h6-9,12H,4-5,10-11,13H2,1-3H3. The molecular weight excluding hydrogens is 296 g/mol. The molecule has 0 fully saturated rings. The highest BCUT2D eigenvalue weighted by Crippen LogP contribution is 2.23. The van der Waals surface area contributed by atoms with Gasteiger partial charge in [0.25, 0.3) is 0 Å². The lowest BCUT2D eigenvalue weighted by Crippen LogP contribution is -2.27. The maximum absolute atomic E-state index is 5.16. The Morgan fingerprint density at radius 1 is 1.18 bits per heavy atom. The van der Waals surface area contributed by atoms with Crippen LogP contribution in [0.4, 0.5) is 0 Å². The van der Waals surface area contributed by atoms with Gasteiger partial charge in [0, 0.05) is 23.4 Å². The van der Waals surface area contributed by atoms with E-state index in [0.717, 1.165) is 43.4 Å². The lowest BCUT2D eigenvalue weighted by Gasteiger charge is -2.17. The molecule has 0 aliphatic rings. The molecule has 1 heterocycles. The van der Waals surface area contributed by atoms with Crippen molar-refractivity contribution in [2.24, 2.45) is 0 Å². The molecule has 0 saturated heterocycles. The van der Waals surface area contributed by atoms with E-state index in [1.54, 1.807) is 18.9 Å². The van der Waals surface area contributed by atoms with E-state index >= 15 is 0 Å². The summed E-state index contributed by atoms with van der Waals surface area (Å²) in [5, 5.41) is 8.45. The molecule has 0 bridgehead atoms. The van der Waals surface area contributed by atoms with Crippen LogP contribution in [0.3, 0.4) is 0 Å². The molecule has 0 amide bonds. The van der Waals surface area contributed by atoms with Crippen molar-refractivity contribution in [3.63, 3.8) is 0 Å². The lowest BCUT2D eigenvalue weighted by molar-refractivity contribution is 0.284. The summed E-state index contributed by atoms with van der Waals surface area (Å²) in [6.07, 6.45) is 2.04. The number of benzene rings is 1. The Balaban J connectivity index is 1.81. The predicted molar refractivity (Wildman–Crippen MR) is 90.4 cm³/mol. The average molecular weight is 320 g/mol. The van der Waals surface area contributed by atoms with Crippen molar-refractivity contribution in [2.75, 3.05) is 26.7 Å². The van der Waals surface area contributed by atoms with Crippen LogP contribution in [0.1, 0.15) is 19.5 Å². The number of ether oxygens (including phenoxy) is 1. The van der Waals surface area contributed by atoms with E-state index in [1.807, 2.05) is 23.0 Å². The summed E-state index contributed by atoms with van der Waals surface area (Å²) in [5.74, 6) is 1.71. The zero-order valence-electron chi connectivity index (χ0n) is 13.5. The van der Waals surface area contributed by atoms with Gasteiger partial charge in [-0.1, -0.05) is 19.1 Å². The summed E-state index contributed by atoms with van der Waals surface area (Å²) in [6, 6.07) is 8.08. The van der Waals surface area contributed by atoms with E-state index in [1.165, 1.54) is 4.90 Å². The van der Waals surface area contributed by atoms with E-state index in [2.05, 4.69) is 41.2 Å². The van der Waals surface area contributed by atoms with Crippen LogP contribution in [0.2, 0.25) is 0 Å². The Labute approximate surface area is 136 Å². The van der Waals surface area contributed by atoms with Gasteiger partial charge in [0.15, 0.2) is 0 Å². The van der Waals surface area contributed by atoms with Crippen molar-refractivity contribution in [1.82, 2.24) is 19.9 Å². The molecule has 120 valence electrons. The first-order valence-corrected chi connectivity index (χ1v) is 8.62. The maximum Gasteiger partial charge on any atom is 0.118 e. The first kappa shape index (κ1) is 16.8. The summed E-state index contributed by atoms with van der Waals surface area (Å²) in [7, 11) is 1.68. The van der Waals surface area contributed by atoms with Gasteiger partial charge < -0.3 is 9.64 Å². The highest BCUT2D eigenvalue weighted by molar-refractivity contribution is 7.98.